The Morgan fingerprint density at radius 1 is 1.15 bits per heavy atom. The fraction of sp³-hybridized carbons (Fsp3) is 0.444. The van der Waals surface area contributed by atoms with Gasteiger partial charge in [-0.3, -0.25) is 0 Å². The molecule has 0 saturated carbocycles. The Bertz CT molecular complexity index is 1330. The summed E-state index contributed by atoms with van der Waals surface area (Å²) in [6.45, 7) is 2.10. The molecule has 2 saturated heterocycles. The van der Waals surface area contributed by atoms with Crippen LogP contribution in [-0.4, -0.2) is 59.9 Å². The number of rotatable bonds is 6. The molecule has 39 heavy (non-hydrogen) atoms. The molecule has 3 aromatic rings. The zero-order chi connectivity index (χ0) is 27.6. The van der Waals surface area contributed by atoms with E-state index in [-0.39, 0.29) is 23.4 Å². The summed E-state index contributed by atoms with van der Waals surface area (Å²) in [4.78, 5) is 23.8. The van der Waals surface area contributed by atoms with Crippen molar-refractivity contribution in [2.45, 2.75) is 50.0 Å². The lowest BCUT2D eigenvalue weighted by atomic mass is 9.96. The van der Waals surface area contributed by atoms with Gasteiger partial charge in [-0.1, -0.05) is 6.07 Å². The molecular formula is C27H29F4N5O3. The van der Waals surface area contributed by atoms with Crippen molar-refractivity contribution in [2.75, 3.05) is 32.1 Å². The molecule has 2 aliphatic heterocycles. The third-order valence-electron chi connectivity index (χ3n) is 7.21. The molecule has 12 heteroatoms. The zero-order valence-corrected chi connectivity index (χ0v) is 21.3. The Labute approximate surface area is 222 Å². The molecule has 0 radical (unpaired) electrons. The number of halogens is 4. The SMILES string of the molecule is CN1CCC[C@@H]1[C@@H](NC(=O)Oc1ccc2cnc(NC3CCOCC3)nc2c1)c1ccc(C(F)(F)F)c(F)c1. The minimum absolute atomic E-state index is 0.210. The van der Waals surface area contributed by atoms with Crippen LogP contribution < -0.4 is 15.4 Å². The Balaban J connectivity index is 1.33. The van der Waals surface area contributed by atoms with Crippen LogP contribution >= 0.6 is 0 Å². The van der Waals surface area contributed by atoms with E-state index in [0.717, 1.165) is 37.3 Å². The molecule has 1 amide bonds. The number of aromatic nitrogens is 2. The van der Waals surface area contributed by atoms with E-state index in [0.29, 0.717) is 37.2 Å². The normalized spacial score (nSPS) is 19.7. The van der Waals surface area contributed by atoms with Gasteiger partial charge in [-0.2, -0.15) is 13.2 Å². The maximum atomic E-state index is 14.4. The first-order valence-electron chi connectivity index (χ1n) is 12.8. The second-order valence-electron chi connectivity index (χ2n) is 9.88. The van der Waals surface area contributed by atoms with Crippen LogP contribution in [0.5, 0.6) is 5.75 Å². The van der Waals surface area contributed by atoms with Crippen molar-refractivity contribution in [3.05, 3.63) is 59.5 Å². The summed E-state index contributed by atoms with van der Waals surface area (Å²) in [5.74, 6) is -0.697. The predicted octanol–water partition coefficient (Wildman–Crippen LogP) is 5.30. The molecule has 1 aromatic heterocycles. The van der Waals surface area contributed by atoms with Gasteiger partial charge in [0.2, 0.25) is 5.95 Å². The maximum Gasteiger partial charge on any atom is 0.419 e. The first kappa shape index (κ1) is 27.1. The van der Waals surface area contributed by atoms with E-state index in [2.05, 4.69) is 20.6 Å². The Morgan fingerprint density at radius 3 is 2.64 bits per heavy atom. The summed E-state index contributed by atoms with van der Waals surface area (Å²) in [6, 6.07) is 6.87. The number of anilines is 1. The minimum atomic E-state index is -4.81. The number of nitrogens with zero attached hydrogens (tertiary/aromatic N) is 3. The number of likely N-dealkylation sites (tertiary alicyclic amines) is 1. The Hall–Kier alpha value is -3.51. The summed E-state index contributed by atoms with van der Waals surface area (Å²) in [7, 11) is 1.85. The van der Waals surface area contributed by atoms with E-state index in [1.165, 1.54) is 6.07 Å². The molecule has 8 nitrogen and oxygen atoms in total. The number of amides is 1. The number of nitrogens with one attached hydrogen (secondary N) is 2. The van der Waals surface area contributed by atoms with Crippen LogP contribution in [0.1, 0.15) is 42.9 Å². The van der Waals surface area contributed by atoms with Gasteiger partial charge < -0.3 is 25.0 Å². The van der Waals surface area contributed by atoms with Gasteiger partial charge >= 0.3 is 12.3 Å². The monoisotopic (exact) mass is 547 g/mol. The standard InChI is InChI=1S/C27H29F4N5O3/c1-36-10-2-3-23(36)24(16-5-7-20(21(28)13-16)27(29,30)31)35-26(37)39-19-6-4-17-15-32-25(34-22(17)14-19)33-18-8-11-38-12-9-18/h4-7,13-15,18,23-24H,2-3,8-12H2,1H3,(H,35,37)(H,32,33,34)/t23-,24+/m1/s1. The van der Waals surface area contributed by atoms with Gasteiger partial charge in [0, 0.05) is 42.9 Å². The van der Waals surface area contributed by atoms with E-state index in [1.54, 1.807) is 24.4 Å². The van der Waals surface area contributed by atoms with Gasteiger partial charge in [-0.15, -0.1) is 0 Å². The molecule has 0 unspecified atom stereocenters. The van der Waals surface area contributed by atoms with Crippen molar-refractivity contribution in [1.82, 2.24) is 20.2 Å². The highest BCUT2D eigenvalue weighted by atomic mass is 19.4. The molecule has 2 aliphatic rings. The van der Waals surface area contributed by atoms with E-state index in [1.807, 2.05) is 11.9 Å². The first-order chi connectivity index (χ1) is 18.7. The highest BCUT2D eigenvalue weighted by molar-refractivity contribution is 5.81. The summed E-state index contributed by atoms with van der Waals surface area (Å²) >= 11 is 0. The quantitative estimate of drug-likeness (QED) is 0.405. The highest BCUT2D eigenvalue weighted by Crippen LogP contribution is 2.35. The van der Waals surface area contributed by atoms with Crippen LogP contribution in [0.4, 0.5) is 28.3 Å². The van der Waals surface area contributed by atoms with E-state index < -0.39 is 29.7 Å². The summed E-state index contributed by atoms with van der Waals surface area (Å²) in [6.07, 6.45) is -0.718. The Kier molecular flexibility index (Phi) is 7.85. The van der Waals surface area contributed by atoms with E-state index in [4.69, 9.17) is 9.47 Å². The average Bonchev–Trinajstić information content (AvgIpc) is 3.32. The molecular weight excluding hydrogens is 518 g/mol. The number of ether oxygens (including phenoxy) is 2. The molecule has 0 bridgehead atoms. The van der Waals surface area contributed by atoms with Crippen LogP contribution in [-0.2, 0) is 10.9 Å². The lowest BCUT2D eigenvalue weighted by Gasteiger charge is -2.30. The van der Waals surface area contributed by atoms with Crippen LogP contribution in [0, 0.1) is 5.82 Å². The topological polar surface area (TPSA) is 88.6 Å². The van der Waals surface area contributed by atoms with Crippen molar-refractivity contribution in [3.8, 4) is 5.75 Å². The lowest BCUT2D eigenvalue weighted by molar-refractivity contribution is -0.140. The smallest absolute Gasteiger partial charge is 0.410 e. The zero-order valence-electron chi connectivity index (χ0n) is 21.3. The molecule has 208 valence electrons. The number of hydrogen-bond donors (Lipinski definition) is 2. The molecule has 3 heterocycles. The van der Waals surface area contributed by atoms with Crippen molar-refractivity contribution < 1.29 is 31.8 Å². The molecule has 2 fully saturated rings. The minimum Gasteiger partial charge on any atom is -0.410 e. The van der Waals surface area contributed by atoms with Gasteiger partial charge in [0.1, 0.15) is 11.6 Å². The second kappa shape index (κ2) is 11.3. The van der Waals surface area contributed by atoms with Crippen molar-refractivity contribution in [1.29, 1.82) is 0 Å². The van der Waals surface area contributed by atoms with Crippen LogP contribution in [0.3, 0.4) is 0 Å². The van der Waals surface area contributed by atoms with Gasteiger partial charge in [-0.25, -0.2) is 19.2 Å². The molecule has 2 N–H and O–H groups in total. The molecule has 5 rings (SSSR count). The predicted molar refractivity (Wildman–Crippen MR) is 136 cm³/mol. The summed E-state index contributed by atoms with van der Waals surface area (Å²) < 4.78 is 64.6. The van der Waals surface area contributed by atoms with Crippen molar-refractivity contribution in [3.63, 3.8) is 0 Å². The number of fused-ring (bicyclic) bond motifs is 1. The fourth-order valence-electron chi connectivity index (χ4n) is 5.14. The van der Waals surface area contributed by atoms with Crippen molar-refractivity contribution in [2.24, 2.45) is 0 Å². The lowest BCUT2D eigenvalue weighted by Crippen LogP contribution is -2.42. The molecule has 2 aromatic carbocycles. The Morgan fingerprint density at radius 2 is 1.95 bits per heavy atom. The van der Waals surface area contributed by atoms with E-state index >= 15 is 0 Å². The van der Waals surface area contributed by atoms with Gasteiger partial charge in [0.25, 0.3) is 0 Å². The molecule has 2 atom stereocenters. The third-order valence-corrected chi connectivity index (χ3v) is 7.21. The first-order valence-corrected chi connectivity index (χ1v) is 12.8. The average molecular weight is 548 g/mol. The third kappa shape index (κ3) is 6.39. The van der Waals surface area contributed by atoms with Gasteiger partial charge in [-0.05, 0) is 69.1 Å². The highest BCUT2D eigenvalue weighted by Gasteiger charge is 2.36. The number of carbonyl (C=O) groups is 1. The summed E-state index contributed by atoms with van der Waals surface area (Å²) in [5, 5.41) is 6.80. The van der Waals surface area contributed by atoms with Crippen molar-refractivity contribution >= 4 is 22.9 Å². The molecule has 0 aliphatic carbocycles. The number of benzene rings is 2. The number of alkyl halides is 3. The van der Waals surface area contributed by atoms with E-state index in [9.17, 15) is 22.4 Å². The van der Waals surface area contributed by atoms with Gasteiger partial charge in [0.05, 0.1) is 17.1 Å². The van der Waals surface area contributed by atoms with Crippen LogP contribution in [0.15, 0.2) is 42.6 Å². The maximum absolute atomic E-state index is 14.4. The number of likely N-dealkylation sites (N-methyl/N-ethyl adjacent to an activating group) is 1. The van der Waals surface area contributed by atoms with Gasteiger partial charge in [0.15, 0.2) is 0 Å². The molecule has 0 spiro atoms. The number of hydrogen-bond acceptors (Lipinski definition) is 7. The van der Waals surface area contributed by atoms with Crippen LogP contribution in [0.25, 0.3) is 10.9 Å². The number of carbonyl (C=O) groups excluding carboxylic acids is 1. The largest absolute Gasteiger partial charge is 0.419 e. The fourth-order valence-corrected chi connectivity index (χ4v) is 5.14. The van der Waals surface area contributed by atoms with Crippen LogP contribution in [0.2, 0.25) is 0 Å². The second-order valence-corrected chi connectivity index (χ2v) is 9.88. The summed E-state index contributed by atoms with van der Waals surface area (Å²) in [5.41, 5.74) is -0.552.